The topological polar surface area (TPSA) is 55.1 Å². The number of pyridine rings is 1. The van der Waals surface area contributed by atoms with Gasteiger partial charge in [-0.25, -0.2) is 4.98 Å². The largest absolute Gasteiger partial charge is 0.468 e. The van der Waals surface area contributed by atoms with E-state index in [2.05, 4.69) is 11.6 Å². The molecule has 4 heteroatoms. The smallest absolute Gasteiger partial charge is 0.189 e. The zero-order valence-corrected chi connectivity index (χ0v) is 13.0. The van der Waals surface area contributed by atoms with Crippen molar-refractivity contribution in [1.82, 2.24) is 4.98 Å². The zero-order chi connectivity index (χ0) is 16.5. The molecule has 2 aromatic rings. The average Bonchev–Trinajstić information content (AvgIpc) is 2.60. The van der Waals surface area contributed by atoms with Crippen LogP contribution in [0.2, 0.25) is 0 Å². The summed E-state index contributed by atoms with van der Waals surface area (Å²) in [5.41, 5.74) is 2.15. The highest BCUT2D eigenvalue weighted by atomic mass is 16.7. The van der Waals surface area contributed by atoms with E-state index in [0.717, 1.165) is 16.5 Å². The predicted octanol–water partition coefficient (Wildman–Crippen LogP) is 4.15. The number of ether oxygens (including phenoxy) is 2. The predicted molar refractivity (Wildman–Crippen MR) is 91.0 cm³/mol. The SMILES string of the molecule is C=C/C(=C\C=C/C)COCOc1ccc2nc(C#N)ccc2c1. The van der Waals surface area contributed by atoms with E-state index >= 15 is 0 Å². The molecule has 2 rings (SSSR count). The Labute approximate surface area is 136 Å². The van der Waals surface area contributed by atoms with E-state index in [1.54, 1.807) is 12.1 Å². The van der Waals surface area contributed by atoms with Gasteiger partial charge in [0.05, 0.1) is 12.1 Å². The molecule has 0 unspecified atom stereocenters. The quantitative estimate of drug-likeness (QED) is 0.438. The standard InChI is InChI=1S/C19H18N2O2/c1-3-5-6-15(4-2)13-22-14-23-18-9-10-19-16(11-18)7-8-17(12-20)21-19/h3-11H,2,13-14H2,1H3/b5-3-,15-6+. The van der Waals surface area contributed by atoms with Crippen LogP contribution in [0.4, 0.5) is 0 Å². The van der Waals surface area contributed by atoms with Crippen LogP contribution in [0.25, 0.3) is 10.9 Å². The summed E-state index contributed by atoms with van der Waals surface area (Å²) in [6.07, 6.45) is 7.59. The normalized spacial score (nSPS) is 11.6. The molecule has 0 aliphatic carbocycles. The van der Waals surface area contributed by atoms with E-state index in [1.165, 1.54) is 0 Å². The molecule has 1 aromatic carbocycles. The van der Waals surface area contributed by atoms with Crippen LogP contribution in [0.1, 0.15) is 12.6 Å². The van der Waals surface area contributed by atoms with Crippen LogP contribution < -0.4 is 4.74 Å². The Hall–Kier alpha value is -2.90. The molecule has 116 valence electrons. The lowest BCUT2D eigenvalue weighted by molar-refractivity contribution is 0.0284. The van der Waals surface area contributed by atoms with E-state index in [0.29, 0.717) is 18.1 Å². The lowest BCUT2D eigenvalue weighted by Crippen LogP contribution is -2.05. The summed E-state index contributed by atoms with van der Waals surface area (Å²) >= 11 is 0. The van der Waals surface area contributed by atoms with Crippen LogP contribution in [0.15, 0.2) is 66.8 Å². The Kier molecular flexibility index (Phi) is 6.10. The molecule has 0 saturated carbocycles. The fraction of sp³-hybridized carbons (Fsp3) is 0.158. The molecule has 0 aliphatic rings. The molecular formula is C19H18N2O2. The van der Waals surface area contributed by atoms with Gasteiger partial charge in [-0.2, -0.15) is 5.26 Å². The molecule has 23 heavy (non-hydrogen) atoms. The van der Waals surface area contributed by atoms with Gasteiger partial charge in [0.25, 0.3) is 0 Å². The maximum atomic E-state index is 8.84. The van der Waals surface area contributed by atoms with E-state index < -0.39 is 0 Å². The molecule has 1 heterocycles. The molecule has 0 amide bonds. The molecule has 0 atom stereocenters. The maximum Gasteiger partial charge on any atom is 0.189 e. The summed E-state index contributed by atoms with van der Waals surface area (Å²) in [4.78, 5) is 4.22. The fourth-order valence-electron chi connectivity index (χ4n) is 1.92. The summed E-state index contributed by atoms with van der Waals surface area (Å²) in [7, 11) is 0. The number of allylic oxidation sites excluding steroid dienone is 3. The van der Waals surface area contributed by atoms with Crippen LogP contribution in [-0.2, 0) is 4.74 Å². The third kappa shape index (κ3) is 4.80. The number of nitriles is 1. The van der Waals surface area contributed by atoms with Gasteiger partial charge < -0.3 is 9.47 Å². The fourth-order valence-corrected chi connectivity index (χ4v) is 1.92. The highest BCUT2D eigenvalue weighted by Crippen LogP contribution is 2.19. The first kappa shape index (κ1) is 16.5. The van der Waals surface area contributed by atoms with E-state index in [1.807, 2.05) is 55.5 Å². The van der Waals surface area contributed by atoms with Crippen molar-refractivity contribution in [2.45, 2.75) is 6.92 Å². The molecule has 0 fully saturated rings. The van der Waals surface area contributed by atoms with Crippen molar-refractivity contribution in [2.24, 2.45) is 0 Å². The van der Waals surface area contributed by atoms with Gasteiger partial charge in [0, 0.05) is 5.39 Å². The number of nitrogens with zero attached hydrogens (tertiary/aromatic N) is 2. The Bertz CT molecular complexity index is 786. The number of rotatable bonds is 7. The van der Waals surface area contributed by atoms with Gasteiger partial charge in [-0.1, -0.05) is 30.9 Å². The molecule has 0 radical (unpaired) electrons. The lowest BCUT2D eigenvalue weighted by Gasteiger charge is -2.08. The van der Waals surface area contributed by atoms with Gasteiger partial charge in [0.1, 0.15) is 17.5 Å². The third-order valence-corrected chi connectivity index (χ3v) is 3.12. The van der Waals surface area contributed by atoms with Crippen molar-refractivity contribution >= 4 is 10.9 Å². The monoisotopic (exact) mass is 306 g/mol. The number of aromatic nitrogens is 1. The summed E-state index contributed by atoms with van der Waals surface area (Å²) in [6, 6.07) is 11.1. The average molecular weight is 306 g/mol. The molecule has 0 saturated heterocycles. The first-order valence-corrected chi connectivity index (χ1v) is 7.22. The van der Waals surface area contributed by atoms with Crippen LogP contribution in [0.5, 0.6) is 5.75 Å². The Morgan fingerprint density at radius 3 is 2.96 bits per heavy atom. The number of benzene rings is 1. The molecular weight excluding hydrogens is 288 g/mol. The molecule has 0 bridgehead atoms. The lowest BCUT2D eigenvalue weighted by atomic mass is 10.2. The summed E-state index contributed by atoms with van der Waals surface area (Å²) in [5.74, 6) is 0.696. The summed E-state index contributed by atoms with van der Waals surface area (Å²) < 4.78 is 11.1. The highest BCUT2D eigenvalue weighted by molar-refractivity contribution is 5.80. The van der Waals surface area contributed by atoms with E-state index in [4.69, 9.17) is 14.7 Å². The second-order valence-corrected chi connectivity index (χ2v) is 4.74. The Balaban J connectivity index is 1.92. The summed E-state index contributed by atoms with van der Waals surface area (Å²) in [5, 5.41) is 9.76. The van der Waals surface area contributed by atoms with Crippen molar-refractivity contribution in [1.29, 1.82) is 5.26 Å². The van der Waals surface area contributed by atoms with Crippen molar-refractivity contribution in [2.75, 3.05) is 13.4 Å². The second kappa shape index (κ2) is 8.52. The number of hydrogen-bond donors (Lipinski definition) is 0. The van der Waals surface area contributed by atoms with Gasteiger partial charge >= 0.3 is 0 Å². The van der Waals surface area contributed by atoms with E-state index in [-0.39, 0.29) is 6.79 Å². The second-order valence-electron chi connectivity index (χ2n) is 4.74. The molecule has 0 spiro atoms. The molecule has 0 N–H and O–H groups in total. The zero-order valence-electron chi connectivity index (χ0n) is 13.0. The Morgan fingerprint density at radius 2 is 2.22 bits per heavy atom. The summed E-state index contributed by atoms with van der Waals surface area (Å²) in [6.45, 7) is 6.29. The minimum atomic E-state index is 0.149. The van der Waals surface area contributed by atoms with Crippen molar-refractivity contribution < 1.29 is 9.47 Å². The third-order valence-electron chi connectivity index (χ3n) is 3.12. The van der Waals surface area contributed by atoms with Gasteiger partial charge in [0.2, 0.25) is 0 Å². The molecule has 0 aliphatic heterocycles. The van der Waals surface area contributed by atoms with Crippen molar-refractivity contribution in [3.63, 3.8) is 0 Å². The van der Waals surface area contributed by atoms with E-state index in [9.17, 15) is 0 Å². The maximum absolute atomic E-state index is 8.84. The van der Waals surface area contributed by atoms with Gasteiger partial charge in [-0.15, -0.1) is 0 Å². The van der Waals surface area contributed by atoms with Crippen LogP contribution in [0.3, 0.4) is 0 Å². The van der Waals surface area contributed by atoms with Crippen molar-refractivity contribution in [3.8, 4) is 11.8 Å². The number of fused-ring (bicyclic) bond motifs is 1. The van der Waals surface area contributed by atoms with Crippen LogP contribution >= 0.6 is 0 Å². The first-order chi connectivity index (χ1) is 11.3. The van der Waals surface area contributed by atoms with Crippen LogP contribution in [-0.4, -0.2) is 18.4 Å². The first-order valence-electron chi connectivity index (χ1n) is 7.22. The minimum Gasteiger partial charge on any atom is -0.468 e. The highest BCUT2D eigenvalue weighted by Gasteiger charge is 2.01. The van der Waals surface area contributed by atoms with Gasteiger partial charge in [0.15, 0.2) is 6.79 Å². The van der Waals surface area contributed by atoms with Crippen molar-refractivity contribution in [3.05, 3.63) is 72.5 Å². The number of hydrogen-bond acceptors (Lipinski definition) is 4. The minimum absolute atomic E-state index is 0.149. The molecule has 1 aromatic heterocycles. The Morgan fingerprint density at radius 1 is 1.35 bits per heavy atom. The molecule has 4 nitrogen and oxygen atoms in total. The van der Waals surface area contributed by atoms with Gasteiger partial charge in [-0.3, -0.25) is 0 Å². The van der Waals surface area contributed by atoms with Crippen LogP contribution in [0, 0.1) is 11.3 Å². The van der Waals surface area contributed by atoms with Gasteiger partial charge in [-0.05, 0) is 42.8 Å².